The van der Waals surface area contributed by atoms with E-state index in [0.29, 0.717) is 29.2 Å². The van der Waals surface area contributed by atoms with Crippen LogP contribution in [0, 0.1) is 21.4 Å². The summed E-state index contributed by atoms with van der Waals surface area (Å²) in [6.07, 6.45) is 1.41. The van der Waals surface area contributed by atoms with Gasteiger partial charge in [0.25, 0.3) is 11.6 Å². The highest BCUT2D eigenvalue weighted by molar-refractivity contribution is 6.32. The van der Waals surface area contributed by atoms with Crippen molar-refractivity contribution in [3.05, 3.63) is 98.1 Å². The lowest BCUT2D eigenvalue weighted by Gasteiger charge is -2.15. The first kappa shape index (κ1) is 27.0. The van der Waals surface area contributed by atoms with Gasteiger partial charge in [0, 0.05) is 18.7 Å². The van der Waals surface area contributed by atoms with Gasteiger partial charge in [-0.25, -0.2) is 0 Å². The summed E-state index contributed by atoms with van der Waals surface area (Å²) in [5.74, 6) is 0.779. The van der Waals surface area contributed by atoms with Crippen LogP contribution in [0.3, 0.4) is 0 Å². The zero-order chi connectivity index (χ0) is 26.8. The molecule has 0 aliphatic carbocycles. The topological polar surface area (TPSA) is 124 Å². The number of nitrogens with zero attached hydrogens (tertiary/aromatic N) is 2. The van der Waals surface area contributed by atoms with E-state index in [9.17, 15) is 20.2 Å². The summed E-state index contributed by atoms with van der Waals surface area (Å²) in [5.41, 5.74) is 1.91. The molecule has 0 atom stereocenters. The quantitative estimate of drug-likeness (QED) is 0.154. The van der Waals surface area contributed by atoms with Crippen LogP contribution in [0.2, 0.25) is 5.02 Å². The first-order chi connectivity index (χ1) is 17.8. The maximum Gasteiger partial charge on any atom is 0.269 e. The first-order valence-corrected chi connectivity index (χ1v) is 11.6. The first-order valence-electron chi connectivity index (χ1n) is 11.2. The number of non-ortho nitro benzene ring substituents is 1. The van der Waals surface area contributed by atoms with Crippen molar-refractivity contribution in [1.82, 2.24) is 5.32 Å². The largest absolute Gasteiger partial charge is 0.497 e. The van der Waals surface area contributed by atoms with Crippen molar-refractivity contribution < 1.29 is 23.9 Å². The van der Waals surface area contributed by atoms with Crippen molar-refractivity contribution in [2.24, 2.45) is 0 Å². The van der Waals surface area contributed by atoms with Gasteiger partial charge in [-0.1, -0.05) is 23.7 Å². The smallest absolute Gasteiger partial charge is 0.269 e. The molecule has 0 unspecified atom stereocenters. The van der Waals surface area contributed by atoms with Gasteiger partial charge in [-0.3, -0.25) is 14.9 Å². The summed E-state index contributed by atoms with van der Waals surface area (Å²) in [6, 6.07) is 18.3. The Morgan fingerprint density at radius 1 is 1.11 bits per heavy atom. The van der Waals surface area contributed by atoms with Gasteiger partial charge >= 0.3 is 0 Å². The number of hydrogen-bond acceptors (Lipinski definition) is 7. The third-order valence-corrected chi connectivity index (χ3v) is 5.43. The Morgan fingerprint density at radius 2 is 1.78 bits per heavy atom. The van der Waals surface area contributed by atoms with Gasteiger partial charge in [-0.2, -0.15) is 5.26 Å². The van der Waals surface area contributed by atoms with Gasteiger partial charge in [0.05, 0.1) is 23.7 Å². The summed E-state index contributed by atoms with van der Waals surface area (Å²) in [4.78, 5) is 23.0. The lowest BCUT2D eigenvalue weighted by molar-refractivity contribution is -0.384. The van der Waals surface area contributed by atoms with Crippen molar-refractivity contribution in [2.45, 2.75) is 20.1 Å². The molecule has 0 fully saturated rings. The van der Waals surface area contributed by atoms with Gasteiger partial charge in [0.15, 0.2) is 11.5 Å². The molecule has 9 nitrogen and oxygen atoms in total. The fourth-order valence-corrected chi connectivity index (χ4v) is 3.55. The molecule has 0 aliphatic rings. The number of carbonyl (C=O) groups is 1. The average molecular weight is 522 g/mol. The van der Waals surface area contributed by atoms with Crippen LogP contribution in [0.25, 0.3) is 6.08 Å². The highest BCUT2D eigenvalue weighted by Gasteiger charge is 2.15. The van der Waals surface area contributed by atoms with Crippen molar-refractivity contribution in [3.8, 4) is 23.3 Å². The highest BCUT2D eigenvalue weighted by Crippen LogP contribution is 2.38. The number of ether oxygens (including phenoxy) is 3. The average Bonchev–Trinajstić information content (AvgIpc) is 2.90. The van der Waals surface area contributed by atoms with Gasteiger partial charge in [0.2, 0.25) is 0 Å². The number of methoxy groups -OCH3 is 1. The number of nitriles is 1. The Morgan fingerprint density at radius 3 is 2.38 bits per heavy atom. The fraction of sp³-hybridized carbons (Fsp3) is 0.185. The van der Waals surface area contributed by atoms with Gasteiger partial charge in [-0.05, 0) is 66.1 Å². The second kappa shape index (κ2) is 13.0. The molecule has 10 heteroatoms. The summed E-state index contributed by atoms with van der Waals surface area (Å²) in [6.45, 7) is 2.46. The van der Waals surface area contributed by atoms with E-state index in [4.69, 9.17) is 25.8 Å². The van der Waals surface area contributed by atoms with Crippen LogP contribution < -0.4 is 19.5 Å². The summed E-state index contributed by atoms with van der Waals surface area (Å²) >= 11 is 6.46. The lowest BCUT2D eigenvalue weighted by atomic mass is 10.1. The number of amides is 1. The maximum atomic E-state index is 12.6. The van der Waals surface area contributed by atoms with Crippen LogP contribution in [0.4, 0.5) is 5.69 Å². The van der Waals surface area contributed by atoms with Crippen LogP contribution in [-0.2, 0) is 17.9 Å². The molecule has 37 heavy (non-hydrogen) atoms. The Labute approximate surface area is 219 Å². The molecule has 1 N–H and O–H groups in total. The van der Waals surface area contributed by atoms with E-state index in [1.54, 1.807) is 50.4 Å². The third kappa shape index (κ3) is 7.46. The van der Waals surface area contributed by atoms with E-state index in [1.807, 2.05) is 18.2 Å². The number of hydrogen-bond donors (Lipinski definition) is 1. The Bertz CT molecular complexity index is 1330. The summed E-state index contributed by atoms with van der Waals surface area (Å²) in [7, 11) is 1.57. The molecule has 0 bridgehead atoms. The van der Waals surface area contributed by atoms with Crippen LogP contribution in [-0.4, -0.2) is 24.5 Å². The van der Waals surface area contributed by atoms with Gasteiger partial charge in [0.1, 0.15) is 24.0 Å². The molecule has 0 heterocycles. The van der Waals surface area contributed by atoms with Gasteiger partial charge < -0.3 is 19.5 Å². The van der Waals surface area contributed by atoms with Gasteiger partial charge in [-0.15, -0.1) is 0 Å². The second-order valence-electron chi connectivity index (χ2n) is 7.68. The fourth-order valence-electron chi connectivity index (χ4n) is 3.28. The molecule has 3 rings (SSSR count). The molecule has 1 amide bonds. The molecule has 190 valence electrons. The van der Waals surface area contributed by atoms with Crippen molar-refractivity contribution >= 4 is 29.3 Å². The zero-order valence-electron chi connectivity index (χ0n) is 20.2. The van der Waals surface area contributed by atoms with Crippen LogP contribution in [0.5, 0.6) is 17.2 Å². The van der Waals surface area contributed by atoms with Crippen molar-refractivity contribution in [1.29, 1.82) is 5.26 Å². The molecule has 3 aromatic rings. The Hall–Kier alpha value is -4.55. The highest BCUT2D eigenvalue weighted by atomic mass is 35.5. The molecule has 0 aromatic heterocycles. The number of nitro groups is 1. The standard InChI is InChI=1S/C27H24ClN3O6/c1-3-36-25-14-20(12-21(15-29)27(32)30-16-18-6-10-23(35-2)11-7-18)13-24(28)26(25)37-17-19-4-8-22(9-5-19)31(33)34/h4-14H,3,16-17H2,1-2H3,(H,30,32)/b21-12-. The Balaban J connectivity index is 1.75. The molecule has 0 aliphatic heterocycles. The Kier molecular flexibility index (Phi) is 9.47. The second-order valence-corrected chi connectivity index (χ2v) is 8.08. The minimum Gasteiger partial charge on any atom is -0.497 e. The number of halogens is 1. The minimum atomic E-state index is -0.536. The summed E-state index contributed by atoms with van der Waals surface area (Å²) in [5, 5.41) is 23.3. The van der Waals surface area contributed by atoms with Crippen molar-refractivity contribution in [3.63, 3.8) is 0 Å². The van der Waals surface area contributed by atoms with Crippen LogP contribution in [0.1, 0.15) is 23.6 Å². The predicted octanol–water partition coefficient (Wildman–Crippen LogP) is 5.46. The molecular weight excluding hydrogens is 498 g/mol. The van der Waals surface area contributed by atoms with E-state index >= 15 is 0 Å². The number of carbonyl (C=O) groups excluding carboxylic acids is 1. The van der Waals surface area contributed by atoms with Crippen LogP contribution in [0.15, 0.2) is 66.2 Å². The third-order valence-electron chi connectivity index (χ3n) is 5.15. The van der Waals surface area contributed by atoms with Crippen LogP contribution >= 0.6 is 11.6 Å². The molecule has 0 saturated carbocycles. The number of benzene rings is 3. The van der Waals surface area contributed by atoms with Crippen molar-refractivity contribution in [2.75, 3.05) is 13.7 Å². The molecule has 3 aromatic carbocycles. The summed E-state index contributed by atoms with van der Waals surface area (Å²) < 4.78 is 16.6. The van der Waals surface area contributed by atoms with E-state index in [1.165, 1.54) is 18.2 Å². The van der Waals surface area contributed by atoms with E-state index in [0.717, 1.165) is 5.56 Å². The van der Waals surface area contributed by atoms with E-state index in [2.05, 4.69) is 5.32 Å². The number of nitrogens with one attached hydrogen (secondary N) is 1. The predicted molar refractivity (Wildman–Crippen MR) is 138 cm³/mol. The maximum absolute atomic E-state index is 12.6. The minimum absolute atomic E-state index is 0.0192. The zero-order valence-corrected chi connectivity index (χ0v) is 20.9. The molecular formula is C27H24ClN3O6. The lowest BCUT2D eigenvalue weighted by Crippen LogP contribution is -2.23. The SMILES string of the molecule is CCOc1cc(/C=C(/C#N)C(=O)NCc2ccc(OC)cc2)cc(Cl)c1OCc1ccc([N+](=O)[O-])cc1. The van der Waals surface area contributed by atoms with E-state index < -0.39 is 10.8 Å². The molecule has 0 radical (unpaired) electrons. The van der Waals surface area contributed by atoms with E-state index in [-0.39, 0.29) is 35.2 Å². The normalized spacial score (nSPS) is 10.8. The number of rotatable bonds is 11. The number of nitro benzene ring substituents is 1. The molecule has 0 spiro atoms. The monoisotopic (exact) mass is 521 g/mol. The molecule has 0 saturated heterocycles.